The maximum Gasteiger partial charge on any atom is 0.243 e. The van der Waals surface area contributed by atoms with Gasteiger partial charge in [-0.3, -0.25) is 4.90 Å². The van der Waals surface area contributed by atoms with Gasteiger partial charge in [0.05, 0.1) is 14.9 Å². The summed E-state index contributed by atoms with van der Waals surface area (Å²) >= 11 is 12.0. The summed E-state index contributed by atoms with van der Waals surface area (Å²) in [6.45, 7) is 5.19. The fourth-order valence-corrected chi connectivity index (χ4v) is 5.03. The molecule has 0 atom stereocenters. The van der Waals surface area contributed by atoms with E-state index in [1.807, 2.05) is 24.3 Å². The van der Waals surface area contributed by atoms with Crippen molar-refractivity contribution in [2.45, 2.75) is 31.2 Å². The molecule has 4 nitrogen and oxygen atoms in total. The van der Waals surface area contributed by atoms with Gasteiger partial charge >= 0.3 is 0 Å². The van der Waals surface area contributed by atoms with Crippen molar-refractivity contribution < 1.29 is 8.42 Å². The Labute approximate surface area is 171 Å². The van der Waals surface area contributed by atoms with Crippen LogP contribution in [-0.2, 0) is 23.0 Å². The van der Waals surface area contributed by atoms with Crippen molar-refractivity contribution in [2.24, 2.45) is 0 Å². The number of aryl methyl sites for hydroxylation is 1. The van der Waals surface area contributed by atoms with Gasteiger partial charge in [0, 0.05) is 32.7 Å². The van der Waals surface area contributed by atoms with Crippen LogP contribution in [0, 0.1) is 0 Å². The van der Waals surface area contributed by atoms with Gasteiger partial charge < -0.3 is 0 Å². The van der Waals surface area contributed by atoms with E-state index < -0.39 is 10.0 Å². The second-order valence-electron chi connectivity index (χ2n) is 6.82. The van der Waals surface area contributed by atoms with Crippen molar-refractivity contribution in [1.82, 2.24) is 9.21 Å². The summed E-state index contributed by atoms with van der Waals surface area (Å²) < 4.78 is 27.3. The molecule has 2 aromatic rings. The summed E-state index contributed by atoms with van der Waals surface area (Å²) in [4.78, 5) is 2.61. The smallest absolute Gasteiger partial charge is 0.243 e. The molecular weight excluding hydrogens is 403 g/mol. The van der Waals surface area contributed by atoms with E-state index in [-0.39, 0.29) is 0 Å². The molecule has 1 heterocycles. The van der Waals surface area contributed by atoms with E-state index in [9.17, 15) is 8.42 Å². The number of benzene rings is 2. The Morgan fingerprint density at radius 2 is 1.52 bits per heavy atom. The number of rotatable bonds is 6. The highest BCUT2D eigenvalue weighted by Gasteiger charge is 2.28. The van der Waals surface area contributed by atoms with Crippen LogP contribution < -0.4 is 0 Å². The van der Waals surface area contributed by atoms with Gasteiger partial charge in [0.15, 0.2) is 0 Å². The van der Waals surface area contributed by atoms with Crippen molar-refractivity contribution in [3.63, 3.8) is 0 Å². The standard InChI is InChI=1S/C20H24Cl2N2O2S/c1-2-3-16-4-7-18(8-5-16)27(25,26)24-12-10-23(11-13-24)15-17-6-9-19(21)20(22)14-17/h4-9,14H,2-3,10-13,15H2,1H3. The van der Waals surface area contributed by atoms with E-state index in [0.29, 0.717) is 41.1 Å². The third-order valence-corrected chi connectivity index (χ3v) is 7.47. The molecular formula is C20H24Cl2N2O2S. The lowest BCUT2D eigenvalue weighted by Gasteiger charge is -2.34. The van der Waals surface area contributed by atoms with E-state index in [2.05, 4.69) is 11.8 Å². The quantitative estimate of drug-likeness (QED) is 0.684. The zero-order valence-corrected chi connectivity index (χ0v) is 17.7. The van der Waals surface area contributed by atoms with E-state index in [1.54, 1.807) is 22.5 Å². The lowest BCUT2D eigenvalue weighted by Crippen LogP contribution is -2.48. The molecule has 0 spiro atoms. The van der Waals surface area contributed by atoms with Crippen LogP contribution in [0.4, 0.5) is 0 Å². The summed E-state index contributed by atoms with van der Waals surface area (Å²) in [5.41, 5.74) is 2.25. The average molecular weight is 427 g/mol. The molecule has 1 aliphatic heterocycles. The zero-order valence-electron chi connectivity index (χ0n) is 15.4. The maximum atomic E-state index is 12.9. The molecule has 0 aromatic heterocycles. The SMILES string of the molecule is CCCc1ccc(S(=O)(=O)N2CCN(Cc3ccc(Cl)c(Cl)c3)CC2)cc1. The Morgan fingerprint density at radius 1 is 0.889 bits per heavy atom. The monoisotopic (exact) mass is 426 g/mol. The van der Waals surface area contributed by atoms with Crippen LogP contribution in [0.1, 0.15) is 24.5 Å². The number of nitrogens with zero attached hydrogens (tertiary/aromatic N) is 2. The molecule has 3 rings (SSSR count). The Hall–Kier alpha value is -1.11. The van der Waals surface area contributed by atoms with Crippen molar-refractivity contribution in [3.8, 4) is 0 Å². The third kappa shape index (κ3) is 5.04. The first-order valence-corrected chi connectivity index (χ1v) is 11.3. The Balaban J connectivity index is 1.61. The first-order chi connectivity index (χ1) is 12.9. The molecule has 1 aliphatic rings. The molecule has 2 aromatic carbocycles. The lowest BCUT2D eigenvalue weighted by molar-refractivity contribution is 0.181. The second-order valence-corrected chi connectivity index (χ2v) is 9.57. The number of hydrogen-bond acceptors (Lipinski definition) is 3. The molecule has 1 saturated heterocycles. The topological polar surface area (TPSA) is 40.6 Å². The Kier molecular flexibility index (Phi) is 6.82. The summed E-state index contributed by atoms with van der Waals surface area (Å²) in [6, 6.07) is 12.9. The summed E-state index contributed by atoms with van der Waals surface area (Å²) in [7, 11) is -3.43. The second kappa shape index (κ2) is 8.93. The van der Waals surface area contributed by atoms with Gasteiger partial charge in [0.2, 0.25) is 10.0 Å². The van der Waals surface area contributed by atoms with Crippen LogP contribution in [0.25, 0.3) is 0 Å². The van der Waals surface area contributed by atoms with Gasteiger partial charge in [-0.1, -0.05) is 54.7 Å². The van der Waals surface area contributed by atoms with Crippen molar-refractivity contribution in [3.05, 3.63) is 63.6 Å². The number of halogens is 2. The summed E-state index contributed by atoms with van der Waals surface area (Å²) in [6.07, 6.45) is 2.01. The lowest BCUT2D eigenvalue weighted by atomic mass is 10.1. The van der Waals surface area contributed by atoms with Gasteiger partial charge in [0.25, 0.3) is 0 Å². The maximum absolute atomic E-state index is 12.9. The minimum absolute atomic E-state index is 0.375. The molecule has 146 valence electrons. The molecule has 0 bridgehead atoms. The van der Waals surface area contributed by atoms with Crippen LogP contribution in [0.5, 0.6) is 0 Å². The van der Waals surface area contributed by atoms with Crippen LogP contribution in [0.15, 0.2) is 47.4 Å². The predicted octanol–water partition coefficient (Wildman–Crippen LogP) is 4.45. The largest absolute Gasteiger partial charge is 0.296 e. The predicted molar refractivity (Wildman–Crippen MR) is 111 cm³/mol. The van der Waals surface area contributed by atoms with Gasteiger partial charge in [-0.15, -0.1) is 0 Å². The van der Waals surface area contributed by atoms with E-state index in [0.717, 1.165) is 24.9 Å². The van der Waals surface area contributed by atoms with Crippen LogP contribution in [-0.4, -0.2) is 43.8 Å². The van der Waals surface area contributed by atoms with E-state index >= 15 is 0 Å². The highest BCUT2D eigenvalue weighted by molar-refractivity contribution is 7.89. The van der Waals surface area contributed by atoms with Gasteiger partial charge in [-0.05, 0) is 41.8 Å². The first kappa shape index (κ1) is 20.6. The zero-order chi connectivity index (χ0) is 19.4. The van der Waals surface area contributed by atoms with Crippen LogP contribution in [0.3, 0.4) is 0 Å². The molecule has 1 fully saturated rings. The minimum atomic E-state index is -3.43. The molecule has 0 aliphatic carbocycles. The molecule has 0 unspecified atom stereocenters. The summed E-state index contributed by atoms with van der Waals surface area (Å²) in [5.74, 6) is 0. The van der Waals surface area contributed by atoms with Gasteiger partial charge in [-0.2, -0.15) is 4.31 Å². The fraction of sp³-hybridized carbons (Fsp3) is 0.400. The molecule has 0 radical (unpaired) electrons. The molecule has 7 heteroatoms. The van der Waals surface area contributed by atoms with E-state index in [4.69, 9.17) is 23.2 Å². The highest BCUT2D eigenvalue weighted by atomic mass is 35.5. The van der Waals surface area contributed by atoms with Gasteiger partial charge in [0.1, 0.15) is 0 Å². The highest BCUT2D eigenvalue weighted by Crippen LogP contribution is 2.24. The van der Waals surface area contributed by atoms with Crippen LogP contribution in [0.2, 0.25) is 10.0 Å². The van der Waals surface area contributed by atoms with Crippen molar-refractivity contribution in [1.29, 1.82) is 0 Å². The number of piperazine rings is 1. The number of hydrogen-bond donors (Lipinski definition) is 0. The average Bonchev–Trinajstić information content (AvgIpc) is 2.66. The Morgan fingerprint density at radius 3 is 2.11 bits per heavy atom. The van der Waals surface area contributed by atoms with Crippen molar-refractivity contribution >= 4 is 33.2 Å². The van der Waals surface area contributed by atoms with Crippen LogP contribution >= 0.6 is 23.2 Å². The number of sulfonamides is 1. The molecule has 0 amide bonds. The van der Waals surface area contributed by atoms with Crippen molar-refractivity contribution in [2.75, 3.05) is 26.2 Å². The normalized spacial score (nSPS) is 16.6. The van der Waals surface area contributed by atoms with Gasteiger partial charge in [-0.25, -0.2) is 8.42 Å². The molecule has 27 heavy (non-hydrogen) atoms. The molecule has 0 saturated carbocycles. The summed E-state index contributed by atoms with van der Waals surface area (Å²) in [5, 5.41) is 1.09. The Bertz CT molecular complexity index is 877. The third-order valence-electron chi connectivity index (χ3n) is 4.82. The molecule has 0 N–H and O–H groups in total. The van der Waals surface area contributed by atoms with E-state index in [1.165, 1.54) is 5.56 Å². The first-order valence-electron chi connectivity index (χ1n) is 9.15. The minimum Gasteiger partial charge on any atom is -0.296 e. The fourth-order valence-electron chi connectivity index (χ4n) is 3.29.